The standard InChI is InChI=1S/C25H28F2N6O2/c1-31-9-10-33(25(29)35)18(14-31)11-15-3-6-21(30-24(15)28)19-13-17(5-8-23(19)34)32(2)22-7-4-16(26)12-20(22)27/h3-8,12-13,18,34H,9-11,14H2,1-2H3,(H2,28,30)(H2,29,35). The van der Waals surface area contributed by atoms with Crippen molar-refractivity contribution < 1.29 is 18.7 Å². The summed E-state index contributed by atoms with van der Waals surface area (Å²) in [7, 11) is 3.63. The molecule has 5 N–H and O–H groups in total. The first-order valence-electron chi connectivity index (χ1n) is 11.2. The molecule has 4 rings (SSSR count). The lowest BCUT2D eigenvalue weighted by atomic mass is 10.0. The molecule has 8 nitrogen and oxygen atoms in total. The summed E-state index contributed by atoms with van der Waals surface area (Å²) in [5, 5.41) is 10.5. The summed E-state index contributed by atoms with van der Waals surface area (Å²) in [6.45, 7) is 1.96. The van der Waals surface area contributed by atoms with E-state index in [0.717, 1.165) is 18.2 Å². The smallest absolute Gasteiger partial charge is 0.315 e. The second-order valence-electron chi connectivity index (χ2n) is 8.75. The summed E-state index contributed by atoms with van der Waals surface area (Å²) in [5.74, 6) is -1.10. The molecule has 0 aliphatic carbocycles. The number of piperazine rings is 1. The van der Waals surface area contributed by atoms with Crippen LogP contribution in [0, 0.1) is 11.6 Å². The maximum atomic E-state index is 14.3. The highest BCUT2D eigenvalue weighted by Gasteiger charge is 2.28. The number of amides is 2. The monoisotopic (exact) mass is 482 g/mol. The van der Waals surface area contributed by atoms with Gasteiger partial charge < -0.3 is 31.3 Å². The van der Waals surface area contributed by atoms with Crippen molar-refractivity contribution >= 4 is 23.2 Å². The van der Waals surface area contributed by atoms with Gasteiger partial charge in [0.15, 0.2) is 0 Å². The number of phenolic OH excluding ortho intramolecular Hbond substituents is 1. The Balaban J connectivity index is 1.61. The first kappa shape index (κ1) is 24.2. The van der Waals surface area contributed by atoms with Crippen molar-refractivity contribution in [1.29, 1.82) is 0 Å². The predicted molar refractivity (Wildman–Crippen MR) is 131 cm³/mol. The Morgan fingerprint density at radius 2 is 1.94 bits per heavy atom. The van der Waals surface area contributed by atoms with Gasteiger partial charge in [-0.1, -0.05) is 6.07 Å². The lowest BCUT2D eigenvalue weighted by Crippen LogP contribution is -2.56. The van der Waals surface area contributed by atoms with Gasteiger partial charge in [0, 0.05) is 44.0 Å². The number of likely N-dealkylation sites (N-methyl/N-ethyl adjacent to an activating group) is 1. The number of halogens is 2. The summed E-state index contributed by atoms with van der Waals surface area (Å²) in [6, 6.07) is 11.1. The molecule has 0 radical (unpaired) electrons. The third-order valence-electron chi connectivity index (χ3n) is 6.35. The largest absolute Gasteiger partial charge is 0.507 e. The average molecular weight is 483 g/mol. The van der Waals surface area contributed by atoms with Crippen molar-refractivity contribution in [3.63, 3.8) is 0 Å². The molecule has 2 amide bonds. The van der Waals surface area contributed by atoms with E-state index in [2.05, 4.69) is 9.88 Å². The van der Waals surface area contributed by atoms with Gasteiger partial charge in [-0.3, -0.25) is 0 Å². The fraction of sp³-hybridized carbons (Fsp3) is 0.280. The van der Waals surface area contributed by atoms with E-state index >= 15 is 0 Å². The van der Waals surface area contributed by atoms with Crippen molar-refractivity contribution in [1.82, 2.24) is 14.8 Å². The zero-order valence-electron chi connectivity index (χ0n) is 19.6. The van der Waals surface area contributed by atoms with Gasteiger partial charge in [0.25, 0.3) is 0 Å². The molecule has 2 heterocycles. The fourth-order valence-corrected chi connectivity index (χ4v) is 4.39. The van der Waals surface area contributed by atoms with E-state index in [1.807, 2.05) is 13.1 Å². The number of nitrogens with two attached hydrogens (primary N) is 2. The van der Waals surface area contributed by atoms with E-state index in [-0.39, 0.29) is 23.3 Å². The molecule has 35 heavy (non-hydrogen) atoms. The first-order chi connectivity index (χ1) is 16.6. The number of aromatic hydroxyl groups is 1. The van der Waals surface area contributed by atoms with E-state index in [1.54, 1.807) is 35.0 Å². The number of carbonyl (C=O) groups is 1. The number of phenols is 1. The van der Waals surface area contributed by atoms with E-state index in [4.69, 9.17) is 11.5 Å². The van der Waals surface area contributed by atoms with Crippen molar-refractivity contribution in [2.45, 2.75) is 12.5 Å². The Morgan fingerprint density at radius 3 is 2.63 bits per heavy atom. The van der Waals surface area contributed by atoms with E-state index < -0.39 is 17.7 Å². The van der Waals surface area contributed by atoms with Crippen LogP contribution in [-0.2, 0) is 6.42 Å². The predicted octanol–water partition coefficient (Wildman–Crippen LogP) is 3.32. The fourth-order valence-electron chi connectivity index (χ4n) is 4.39. The van der Waals surface area contributed by atoms with E-state index in [1.165, 1.54) is 18.2 Å². The van der Waals surface area contributed by atoms with Crippen molar-refractivity contribution in [3.8, 4) is 17.0 Å². The number of hydrogen-bond donors (Lipinski definition) is 3. The third kappa shape index (κ3) is 5.12. The zero-order valence-corrected chi connectivity index (χ0v) is 19.6. The molecule has 0 spiro atoms. The second-order valence-corrected chi connectivity index (χ2v) is 8.75. The average Bonchev–Trinajstić information content (AvgIpc) is 2.80. The van der Waals surface area contributed by atoms with Crippen molar-refractivity contribution in [2.75, 3.05) is 44.4 Å². The number of rotatable bonds is 5. The van der Waals surface area contributed by atoms with Crippen molar-refractivity contribution in [3.05, 3.63) is 65.7 Å². The number of nitrogens with zero attached hydrogens (tertiary/aromatic N) is 4. The normalized spacial score (nSPS) is 16.3. The molecule has 0 saturated carbocycles. The van der Waals surface area contributed by atoms with Gasteiger partial charge in [-0.05, 0) is 55.4 Å². The molecule has 184 valence electrons. The minimum absolute atomic E-state index is 0.0183. The summed E-state index contributed by atoms with van der Waals surface area (Å²) in [4.78, 5) is 21.7. The number of pyridine rings is 1. The minimum atomic E-state index is -0.702. The van der Waals surface area contributed by atoms with Gasteiger partial charge in [-0.25, -0.2) is 18.6 Å². The minimum Gasteiger partial charge on any atom is -0.507 e. The number of aromatic nitrogens is 1. The van der Waals surface area contributed by atoms with Crippen LogP contribution in [0.1, 0.15) is 5.56 Å². The van der Waals surface area contributed by atoms with Crippen LogP contribution in [0.25, 0.3) is 11.3 Å². The number of hydrogen-bond acceptors (Lipinski definition) is 6. The molecule has 3 aromatic rings. The van der Waals surface area contributed by atoms with Crippen LogP contribution in [0.15, 0.2) is 48.5 Å². The van der Waals surface area contributed by atoms with Crippen LogP contribution in [0.5, 0.6) is 5.75 Å². The Bertz CT molecular complexity index is 1250. The third-order valence-corrected chi connectivity index (χ3v) is 6.35. The van der Waals surface area contributed by atoms with Crippen molar-refractivity contribution in [2.24, 2.45) is 5.73 Å². The summed E-state index contributed by atoms with van der Waals surface area (Å²) in [5.41, 5.74) is 14.2. The van der Waals surface area contributed by atoms with Gasteiger partial charge in [0.2, 0.25) is 0 Å². The molecule has 1 aromatic heterocycles. The van der Waals surface area contributed by atoms with Crippen LogP contribution in [0.3, 0.4) is 0 Å². The SMILES string of the molecule is CN1CCN(C(N)=O)C(Cc2ccc(-c3cc(N(C)c4ccc(F)cc4F)ccc3O)nc2N)C1. The lowest BCUT2D eigenvalue weighted by Gasteiger charge is -2.39. The molecular formula is C25H28F2N6O2. The lowest BCUT2D eigenvalue weighted by molar-refractivity contribution is 0.114. The molecule has 2 aromatic carbocycles. The number of benzene rings is 2. The first-order valence-corrected chi connectivity index (χ1v) is 11.2. The number of nitrogen functional groups attached to an aromatic ring is 1. The van der Waals surface area contributed by atoms with Crippen LogP contribution < -0.4 is 16.4 Å². The Morgan fingerprint density at radius 1 is 1.17 bits per heavy atom. The van der Waals surface area contributed by atoms with Gasteiger partial charge in [-0.15, -0.1) is 0 Å². The highest BCUT2D eigenvalue weighted by molar-refractivity contribution is 5.76. The molecular weight excluding hydrogens is 454 g/mol. The molecule has 1 saturated heterocycles. The second kappa shape index (κ2) is 9.75. The van der Waals surface area contributed by atoms with Gasteiger partial charge >= 0.3 is 6.03 Å². The molecule has 0 bridgehead atoms. The van der Waals surface area contributed by atoms with E-state index in [9.17, 15) is 18.7 Å². The zero-order chi connectivity index (χ0) is 25.3. The molecule has 1 aliphatic rings. The quantitative estimate of drug-likeness (QED) is 0.514. The Labute approximate surface area is 202 Å². The van der Waals surface area contributed by atoms with Gasteiger partial charge in [0.05, 0.1) is 17.4 Å². The summed E-state index contributed by atoms with van der Waals surface area (Å²) in [6.07, 6.45) is 0.491. The molecule has 10 heteroatoms. The Kier molecular flexibility index (Phi) is 6.74. The topological polar surface area (TPSA) is 112 Å². The highest BCUT2D eigenvalue weighted by Crippen LogP contribution is 2.35. The number of primary amides is 1. The molecule has 1 fully saturated rings. The van der Waals surface area contributed by atoms with E-state index in [0.29, 0.717) is 36.5 Å². The number of urea groups is 1. The number of carbonyl (C=O) groups excluding carboxylic acids is 1. The molecule has 1 unspecified atom stereocenters. The maximum Gasteiger partial charge on any atom is 0.315 e. The van der Waals surface area contributed by atoms with Gasteiger partial charge in [-0.2, -0.15) is 0 Å². The van der Waals surface area contributed by atoms with Crippen LogP contribution >= 0.6 is 0 Å². The van der Waals surface area contributed by atoms with Crippen LogP contribution in [0.4, 0.5) is 30.8 Å². The van der Waals surface area contributed by atoms with Gasteiger partial charge in [0.1, 0.15) is 23.2 Å². The highest BCUT2D eigenvalue weighted by atomic mass is 19.1. The Hall–Kier alpha value is -3.92. The summed E-state index contributed by atoms with van der Waals surface area (Å²) >= 11 is 0. The molecule has 1 aliphatic heterocycles. The van der Waals surface area contributed by atoms with Crippen LogP contribution in [0.2, 0.25) is 0 Å². The summed E-state index contributed by atoms with van der Waals surface area (Å²) < 4.78 is 27.6. The molecule has 1 atom stereocenters. The number of anilines is 3. The van der Waals surface area contributed by atoms with Crippen LogP contribution in [-0.4, -0.2) is 65.7 Å². The maximum absolute atomic E-state index is 14.3.